The molecule has 1 N–H and O–H groups in total. The van der Waals surface area contributed by atoms with Crippen molar-refractivity contribution in [2.75, 3.05) is 5.32 Å². The zero-order valence-electron chi connectivity index (χ0n) is 16.0. The number of nitrogens with zero attached hydrogens (tertiary/aromatic N) is 1. The highest BCUT2D eigenvalue weighted by molar-refractivity contribution is 7.99. The zero-order valence-corrected chi connectivity index (χ0v) is 17.6. The van der Waals surface area contributed by atoms with E-state index in [0.717, 1.165) is 28.6 Å². The minimum Gasteiger partial charge on any atom is -0.321 e. The maximum atomic E-state index is 12.8. The fourth-order valence-corrected chi connectivity index (χ4v) is 4.10. The lowest BCUT2D eigenvalue weighted by Gasteiger charge is -2.09. The van der Waals surface area contributed by atoms with Gasteiger partial charge in [-0.25, -0.2) is 0 Å². The largest absolute Gasteiger partial charge is 0.416 e. The Bertz CT molecular complexity index is 1180. The predicted molar refractivity (Wildman–Crippen MR) is 115 cm³/mol. The smallest absolute Gasteiger partial charge is 0.321 e. The molecule has 0 saturated heterocycles. The number of amides is 1. The average molecular weight is 480 g/mol. The van der Waals surface area contributed by atoms with Gasteiger partial charge in [-0.15, -0.1) is 11.3 Å². The van der Waals surface area contributed by atoms with Gasteiger partial charge in [0, 0.05) is 20.3 Å². The summed E-state index contributed by atoms with van der Waals surface area (Å²) in [5.41, 5.74) is -0.502. The van der Waals surface area contributed by atoms with Crippen LogP contribution in [0.15, 0.2) is 71.1 Å². The monoisotopic (exact) mass is 480 g/mol. The summed E-state index contributed by atoms with van der Waals surface area (Å²) in [5.74, 6) is -3.35. The van der Waals surface area contributed by atoms with Gasteiger partial charge >= 0.3 is 6.18 Å². The number of hydrogen-bond acceptors (Lipinski definition) is 4. The van der Waals surface area contributed by atoms with Gasteiger partial charge in [-0.05, 0) is 54.1 Å². The quantitative estimate of drug-likeness (QED) is 0.174. The Morgan fingerprint density at radius 3 is 2.44 bits per heavy atom. The number of nitriles is 1. The van der Waals surface area contributed by atoms with Crippen LogP contribution in [0, 0.1) is 11.3 Å². The van der Waals surface area contributed by atoms with E-state index in [4.69, 9.17) is 0 Å². The van der Waals surface area contributed by atoms with Crippen LogP contribution in [0.25, 0.3) is 16.5 Å². The van der Waals surface area contributed by atoms with Crippen LogP contribution in [0.5, 0.6) is 0 Å². The minimum absolute atomic E-state index is 0.0837. The molecule has 0 fully saturated rings. The first kappa shape index (κ1) is 23.5. The summed E-state index contributed by atoms with van der Waals surface area (Å²) in [6.07, 6.45) is -3.23. The number of anilines is 1. The number of thioether (sulfide) groups is 1. The molecular formula is C22H13F5N2OS2. The molecule has 1 aromatic heterocycles. The summed E-state index contributed by atoms with van der Waals surface area (Å²) in [6.45, 7) is 0. The second-order valence-corrected chi connectivity index (χ2v) is 8.49. The number of halogens is 5. The molecule has 32 heavy (non-hydrogen) atoms. The SMILES string of the molecule is N#C/C(=C/c1ccc(-c2ccc(SC(F)F)cc2)s1)C(=O)Nc1cccc(C(F)(F)F)c1. The Hall–Kier alpha value is -3.16. The van der Waals surface area contributed by atoms with Gasteiger partial charge in [0.15, 0.2) is 0 Å². The molecule has 3 aromatic rings. The Labute approximate surface area is 188 Å². The van der Waals surface area contributed by atoms with Gasteiger partial charge in [-0.3, -0.25) is 4.79 Å². The first-order valence-corrected chi connectivity index (χ1v) is 10.6. The van der Waals surface area contributed by atoms with E-state index in [0.29, 0.717) is 21.5 Å². The van der Waals surface area contributed by atoms with Crippen LogP contribution in [0.3, 0.4) is 0 Å². The summed E-state index contributed by atoms with van der Waals surface area (Å²) in [5, 5.41) is 11.6. The predicted octanol–water partition coefficient (Wildman–Crippen LogP) is 7.29. The number of carbonyl (C=O) groups excluding carboxylic acids is 1. The lowest BCUT2D eigenvalue weighted by Crippen LogP contribution is -2.14. The molecule has 0 aliphatic heterocycles. The Kier molecular flexibility index (Phi) is 7.33. The number of carbonyl (C=O) groups is 1. The molecule has 1 heterocycles. The third kappa shape index (κ3) is 6.18. The molecule has 0 saturated carbocycles. The fourth-order valence-electron chi connectivity index (χ4n) is 2.65. The topological polar surface area (TPSA) is 52.9 Å². The molecule has 0 spiro atoms. The van der Waals surface area contributed by atoms with Crippen LogP contribution in [0.4, 0.5) is 27.6 Å². The third-order valence-corrected chi connectivity index (χ3v) is 5.89. The number of alkyl halides is 5. The van der Waals surface area contributed by atoms with E-state index in [2.05, 4.69) is 5.32 Å². The number of rotatable bonds is 6. The summed E-state index contributed by atoms with van der Waals surface area (Å²) >= 11 is 1.71. The number of hydrogen-bond donors (Lipinski definition) is 1. The van der Waals surface area contributed by atoms with E-state index in [-0.39, 0.29) is 11.3 Å². The maximum absolute atomic E-state index is 12.8. The molecule has 164 valence electrons. The van der Waals surface area contributed by atoms with Crippen LogP contribution in [0.2, 0.25) is 0 Å². The Morgan fingerprint density at radius 1 is 1.09 bits per heavy atom. The highest BCUT2D eigenvalue weighted by Gasteiger charge is 2.30. The van der Waals surface area contributed by atoms with Crippen molar-refractivity contribution >= 4 is 40.8 Å². The molecule has 0 unspecified atom stereocenters. The van der Waals surface area contributed by atoms with E-state index in [1.54, 1.807) is 42.5 Å². The zero-order chi connectivity index (χ0) is 23.3. The van der Waals surface area contributed by atoms with Gasteiger partial charge < -0.3 is 5.32 Å². The molecule has 1 amide bonds. The second-order valence-electron chi connectivity index (χ2n) is 6.31. The molecule has 0 radical (unpaired) electrons. The first-order valence-electron chi connectivity index (χ1n) is 8.91. The molecule has 0 bridgehead atoms. The molecule has 3 rings (SSSR count). The van der Waals surface area contributed by atoms with Crippen molar-refractivity contribution in [3.8, 4) is 16.5 Å². The highest BCUT2D eigenvalue weighted by Crippen LogP contribution is 2.33. The summed E-state index contributed by atoms with van der Waals surface area (Å²) in [6, 6.07) is 15.8. The van der Waals surface area contributed by atoms with E-state index in [1.807, 2.05) is 0 Å². The Morgan fingerprint density at radius 2 is 1.81 bits per heavy atom. The molecule has 0 atom stereocenters. The van der Waals surface area contributed by atoms with E-state index in [1.165, 1.54) is 23.5 Å². The fraction of sp³-hybridized carbons (Fsp3) is 0.0909. The van der Waals surface area contributed by atoms with Crippen molar-refractivity contribution in [3.05, 3.63) is 76.7 Å². The van der Waals surface area contributed by atoms with Gasteiger partial charge in [-0.1, -0.05) is 30.0 Å². The molecule has 10 heteroatoms. The van der Waals surface area contributed by atoms with Crippen molar-refractivity contribution in [2.45, 2.75) is 16.8 Å². The molecule has 2 aromatic carbocycles. The molecule has 0 aliphatic rings. The summed E-state index contributed by atoms with van der Waals surface area (Å²) in [4.78, 5) is 14.2. The van der Waals surface area contributed by atoms with Gasteiger partial charge in [0.1, 0.15) is 11.6 Å². The van der Waals surface area contributed by atoms with E-state index >= 15 is 0 Å². The van der Waals surface area contributed by atoms with Crippen molar-refractivity contribution in [2.24, 2.45) is 0 Å². The van der Waals surface area contributed by atoms with E-state index in [9.17, 15) is 32.0 Å². The van der Waals surface area contributed by atoms with Crippen molar-refractivity contribution < 1.29 is 26.7 Å². The lowest BCUT2D eigenvalue weighted by molar-refractivity contribution is -0.137. The van der Waals surface area contributed by atoms with Gasteiger partial charge in [0.2, 0.25) is 0 Å². The number of nitrogens with one attached hydrogen (secondary N) is 1. The second kappa shape index (κ2) is 9.97. The standard InChI is InChI=1S/C22H13F5N2OS2/c23-21(24)32-17-6-4-13(5-7-17)19-9-8-18(31-19)10-14(12-28)20(30)29-16-3-1-2-15(11-16)22(25,26)27/h1-11,21H,(H,29,30)/b14-10-. The van der Waals surface area contributed by atoms with Crippen molar-refractivity contribution in [1.82, 2.24) is 0 Å². The highest BCUT2D eigenvalue weighted by atomic mass is 32.2. The molecular weight excluding hydrogens is 467 g/mol. The number of thiophene rings is 1. The Balaban J connectivity index is 1.75. The van der Waals surface area contributed by atoms with Gasteiger partial charge in [0.25, 0.3) is 11.7 Å². The average Bonchev–Trinajstić information content (AvgIpc) is 3.20. The van der Waals surface area contributed by atoms with Gasteiger partial charge in [0.05, 0.1) is 5.56 Å². The maximum Gasteiger partial charge on any atom is 0.416 e. The van der Waals surface area contributed by atoms with Crippen molar-refractivity contribution in [1.29, 1.82) is 5.26 Å². The third-order valence-electron chi connectivity index (χ3n) is 4.09. The van der Waals surface area contributed by atoms with Crippen LogP contribution in [-0.4, -0.2) is 11.7 Å². The van der Waals surface area contributed by atoms with Gasteiger partial charge in [-0.2, -0.15) is 27.2 Å². The summed E-state index contributed by atoms with van der Waals surface area (Å²) in [7, 11) is 0. The van der Waals surface area contributed by atoms with Crippen LogP contribution in [0.1, 0.15) is 10.4 Å². The molecule has 0 aliphatic carbocycles. The summed E-state index contributed by atoms with van der Waals surface area (Å²) < 4.78 is 63.3. The van der Waals surface area contributed by atoms with Crippen LogP contribution in [-0.2, 0) is 11.0 Å². The van der Waals surface area contributed by atoms with Crippen LogP contribution >= 0.6 is 23.1 Å². The van der Waals surface area contributed by atoms with Crippen molar-refractivity contribution in [3.63, 3.8) is 0 Å². The number of benzene rings is 2. The first-order chi connectivity index (χ1) is 15.2. The molecule has 3 nitrogen and oxygen atoms in total. The normalized spacial score (nSPS) is 12.0. The van der Waals surface area contributed by atoms with Crippen LogP contribution < -0.4 is 5.32 Å². The minimum atomic E-state index is -4.56. The van der Waals surface area contributed by atoms with E-state index < -0.39 is 23.4 Å². The lowest BCUT2D eigenvalue weighted by atomic mass is 10.1.